The third-order valence-corrected chi connectivity index (χ3v) is 4.00. The zero-order valence-corrected chi connectivity index (χ0v) is 14.7. The topological polar surface area (TPSA) is 52.6 Å². The van der Waals surface area contributed by atoms with E-state index in [-0.39, 0.29) is 5.78 Å². The highest BCUT2D eigenvalue weighted by atomic mass is 79.9. The largest absolute Gasteiger partial charge is 0.496 e. The summed E-state index contributed by atoms with van der Waals surface area (Å²) in [4.78, 5) is 24.4. The van der Waals surface area contributed by atoms with E-state index in [1.54, 1.807) is 44.4 Å². The van der Waals surface area contributed by atoms with Gasteiger partial charge in [0.1, 0.15) is 5.75 Å². The van der Waals surface area contributed by atoms with E-state index in [2.05, 4.69) is 15.9 Å². The van der Waals surface area contributed by atoms with Crippen molar-refractivity contribution in [3.63, 3.8) is 0 Å². The average Bonchev–Trinajstić information content (AvgIpc) is 2.54. The highest BCUT2D eigenvalue weighted by Crippen LogP contribution is 2.26. The first kappa shape index (κ1) is 17.2. The van der Waals surface area contributed by atoms with Crippen LogP contribution in [0.5, 0.6) is 5.75 Å². The number of carbonyl (C=O) groups is 2. The number of esters is 1. The maximum atomic E-state index is 12.3. The molecule has 2 aromatic rings. The Morgan fingerprint density at radius 2 is 1.65 bits per heavy atom. The normalized spacial score (nSPS) is 11.7. The molecule has 0 unspecified atom stereocenters. The van der Waals surface area contributed by atoms with E-state index in [4.69, 9.17) is 9.47 Å². The Hall–Kier alpha value is -2.14. The van der Waals surface area contributed by atoms with Crippen LogP contribution in [0.1, 0.15) is 33.2 Å². The first-order chi connectivity index (χ1) is 10.9. The smallest absolute Gasteiger partial charge is 0.338 e. The van der Waals surface area contributed by atoms with Gasteiger partial charge in [-0.2, -0.15) is 0 Å². The average molecular weight is 377 g/mol. The van der Waals surface area contributed by atoms with Crippen molar-refractivity contribution in [2.24, 2.45) is 0 Å². The maximum absolute atomic E-state index is 12.3. The van der Waals surface area contributed by atoms with Crippen LogP contribution in [-0.4, -0.2) is 25.0 Å². The van der Waals surface area contributed by atoms with E-state index in [9.17, 15) is 9.59 Å². The quantitative estimate of drug-likeness (QED) is 0.579. The summed E-state index contributed by atoms with van der Waals surface area (Å²) in [6.07, 6.45) is -0.855. The monoisotopic (exact) mass is 376 g/mol. The van der Waals surface area contributed by atoms with Gasteiger partial charge in [-0.25, -0.2) is 4.79 Å². The van der Waals surface area contributed by atoms with Gasteiger partial charge in [0.25, 0.3) is 0 Å². The molecule has 0 aromatic heterocycles. The van der Waals surface area contributed by atoms with Crippen molar-refractivity contribution in [3.8, 4) is 5.75 Å². The minimum Gasteiger partial charge on any atom is -0.496 e. The molecule has 0 saturated heterocycles. The minimum absolute atomic E-state index is 0.231. The summed E-state index contributed by atoms with van der Waals surface area (Å²) >= 11 is 3.31. The number of ketones is 1. The molecule has 0 spiro atoms. The lowest BCUT2D eigenvalue weighted by molar-refractivity contribution is 0.0318. The molecule has 0 heterocycles. The number of rotatable bonds is 5. The Morgan fingerprint density at radius 3 is 2.22 bits per heavy atom. The van der Waals surface area contributed by atoms with E-state index < -0.39 is 12.1 Å². The van der Waals surface area contributed by atoms with E-state index in [0.717, 1.165) is 5.56 Å². The van der Waals surface area contributed by atoms with Crippen LogP contribution in [0, 0.1) is 6.92 Å². The molecule has 0 aliphatic rings. The number of ether oxygens (including phenoxy) is 2. The number of halogens is 1. The number of methoxy groups -OCH3 is 1. The lowest BCUT2D eigenvalue weighted by Crippen LogP contribution is -2.24. The molecule has 120 valence electrons. The van der Waals surface area contributed by atoms with Crippen molar-refractivity contribution in [1.29, 1.82) is 0 Å². The molecule has 5 heteroatoms. The van der Waals surface area contributed by atoms with Crippen LogP contribution in [0.4, 0.5) is 0 Å². The molecule has 23 heavy (non-hydrogen) atoms. The number of hydrogen-bond acceptors (Lipinski definition) is 4. The van der Waals surface area contributed by atoms with Gasteiger partial charge in [-0.15, -0.1) is 0 Å². The molecule has 0 fully saturated rings. The Labute approximate surface area is 143 Å². The molecule has 4 nitrogen and oxygen atoms in total. The summed E-state index contributed by atoms with van der Waals surface area (Å²) in [6.45, 7) is 3.51. The molecular formula is C18H17BrO4. The van der Waals surface area contributed by atoms with Crippen LogP contribution in [0.2, 0.25) is 0 Å². The van der Waals surface area contributed by atoms with Crippen molar-refractivity contribution < 1.29 is 19.1 Å². The summed E-state index contributed by atoms with van der Waals surface area (Å²) in [5.74, 6) is -0.169. The van der Waals surface area contributed by atoms with Crippen molar-refractivity contribution in [2.45, 2.75) is 20.0 Å². The van der Waals surface area contributed by atoms with Gasteiger partial charge in [-0.3, -0.25) is 4.79 Å². The Bertz CT molecular complexity index is 722. The van der Waals surface area contributed by atoms with E-state index in [1.807, 2.05) is 19.1 Å². The number of hydrogen-bond donors (Lipinski definition) is 0. The van der Waals surface area contributed by atoms with Crippen molar-refractivity contribution in [3.05, 3.63) is 63.6 Å². The Kier molecular flexibility index (Phi) is 5.55. The van der Waals surface area contributed by atoms with Gasteiger partial charge in [0.15, 0.2) is 6.10 Å². The Balaban J connectivity index is 2.08. The van der Waals surface area contributed by atoms with Crippen molar-refractivity contribution in [2.75, 3.05) is 7.11 Å². The zero-order chi connectivity index (χ0) is 17.0. The molecule has 0 amide bonds. The fourth-order valence-electron chi connectivity index (χ4n) is 2.03. The van der Waals surface area contributed by atoms with Crippen LogP contribution >= 0.6 is 15.9 Å². The van der Waals surface area contributed by atoms with Gasteiger partial charge in [-0.05, 0) is 48.0 Å². The fraction of sp³-hybridized carbons (Fsp3) is 0.222. The van der Waals surface area contributed by atoms with Gasteiger partial charge in [-0.1, -0.05) is 29.8 Å². The highest BCUT2D eigenvalue weighted by molar-refractivity contribution is 9.10. The molecule has 0 saturated carbocycles. The minimum atomic E-state index is -0.855. The van der Waals surface area contributed by atoms with Gasteiger partial charge in [0.2, 0.25) is 5.78 Å². The van der Waals surface area contributed by atoms with Crippen molar-refractivity contribution >= 4 is 27.7 Å². The summed E-state index contributed by atoms with van der Waals surface area (Å²) < 4.78 is 11.0. The Morgan fingerprint density at radius 1 is 1.04 bits per heavy atom. The lowest BCUT2D eigenvalue weighted by Gasteiger charge is -2.13. The van der Waals surface area contributed by atoms with E-state index >= 15 is 0 Å². The third-order valence-electron chi connectivity index (χ3n) is 3.38. The van der Waals surface area contributed by atoms with Crippen LogP contribution < -0.4 is 4.74 Å². The number of benzene rings is 2. The van der Waals surface area contributed by atoms with Crippen molar-refractivity contribution in [1.82, 2.24) is 0 Å². The second-order valence-electron chi connectivity index (χ2n) is 5.13. The third kappa shape index (κ3) is 4.20. The summed E-state index contributed by atoms with van der Waals surface area (Å²) in [7, 11) is 1.54. The van der Waals surface area contributed by atoms with Gasteiger partial charge < -0.3 is 9.47 Å². The second-order valence-corrected chi connectivity index (χ2v) is 5.98. The van der Waals surface area contributed by atoms with Crippen LogP contribution in [0.15, 0.2) is 46.9 Å². The molecule has 2 rings (SSSR count). The SMILES string of the molecule is COc1ccc(C(=O)O[C@@H](C)C(=O)c2ccc(C)cc2)cc1Br. The van der Waals surface area contributed by atoms with Crippen LogP contribution in [0.3, 0.4) is 0 Å². The fourth-order valence-corrected chi connectivity index (χ4v) is 2.57. The number of Topliss-reactive ketones (excluding diaryl/α,β-unsaturated/α-hetero) is 1. The van der Waals surface area contributed by atoms with E-state index in [1.165, 1.54) is 0 Å². The van der Waals surface area contributed by atoms with Gasteiger partial charge in [0.05, 0.1) is 17.1 Å². The standard InChI is InChI=1S/C18H17BrO4/c1-11-4-6-13(7-5-11)17(20)12(2)23-18(21)14-8-9-16(22-3)15(19)10-14/h4-10,12H,1-3H3/t12-/m0/s1. The summed E-state index contributed by atoms with van der Waals surface area (Å²) in [6, 6.07) is 12.0. The van der Waals surface area contributed by atoms with Gasteiger partial charge >= 0.3 is 5.97 Å². The first-order valence-corrected chi connectivity index (χ1v) is 7.87. The molecule has 0 aliphatic heterocycles. The van der Waals surface area contributed by atoms with Gasteiger partial charge in [0, 0.05) is 5.56 Å². The maximum Gasteiger partial charge on any atom is 0.338 e. The molecule has 0 N–H and O–H groups in total. The molecule has 0 bridgehead atoms. The summed E-state index contributed by atoms with van der Waals surface area (Å²) in [5.41, 5.74) is 1.93. The molecule has 0 aliphatic carbocycles. The molecule has 1 atom stereocenters. The van der Waals surface area contributed by atoms with Crippen LogP contribution in [0.25, 0.3) is 0 Å². The molecule has 2 aromatic carbocycles. The molecular weight excluding hydrogens is 360 g/mol. The molecule has 0 radical (unpaired) electrons. The predicted molar refractivity (Wildman–Crippen MR) is 91.1 cm³/mol. The first-order valence-electron chi connectivity index (χ1n) is 7.07. The number of carbonyl (C=O) groups excluding carboxylic acids is 2. The predicted octanol–water partition coefficient (Wildman–Crippen LogP) is 4.19. The van der Waals surface area contributed by atoms with E-state index in [0.29, 0.717) is 21.3 Å². The second kappa shape index (κ2) is 7.42. The summed E-state index contributed by atoms with van der Waals surface area (Å²) in [5, 5.41) is 0. The highest BCUT2D eigenvalue weighted by Gasteiger charge is 2.20. The van der Waals surface area contributed by atoms with Crippen LogP contribution in [-0.2, 0) is 4.74 Å². The lowest BCUT2D eigenvalue weighted by atomic mass is 10.1. The zero-order valence-electron chi connectivity index (χ0n) is 13.1. The number of aryl methyl sites for hydroxylation is 1.